The molecule has 5 nitrogen and oxygen atoms in total. The van der Waals surface area contributed by atoms with Gasteiger partial charge in [0.05, 0.1) is 11.5 Å². The Hall–Kier alpha value is -4.45. The number of amides is 2. The zero-order valence-corrected chi connectivity index (χ0v) is 21.1. The number of benzene rings is 4. The van der Waals surface area contributed by atoms with Gasteiger partial charge in [-0.05, 0) is 59.9 Å². The molecule has 4 aromatic rings. The largest absolute Gasteiger partial charge is 0.371 e. The number of nitrogens with zero attached hydrogens (tertiary/aromatic N) is 1. The minimum Gasteiger partial charge on any atom is -0.371 e. The van der Waals surface area contributed by atoms with Crippen LogP contribution in [-0.2, 0) is 11.3 Å². The summed E-state index contributed by atoms with van der Waals surface area (Å²) >= 11 is 0. The van der Waals surface area contributed by atoms with Gasteiger partial charge in [0.15, 0.2) is 0 Å². The molecule has 0 unspecified atom stereocenters. The lowest BCUT2D eigenvalue weighted by Crippen LogP contribution is -2.28. The van der Waals surface area contributed by atoms with Gasteiger partial charge in [0.1, 0.15) is 5.82 Å². The Morgan fingerprint density at radius 2 is 1.39 bits per heavy atom. The van der Waals surface area contributed by atoms with Crippen LogP contribution in [0.15, 0.2) is 103 Å². The molecule has 0 aliphatic carbocycles. The molecule has 1 fully saturated rings. The van der Waals surface area contributed by atoms with Gasteiger partial charge < -0.3 is 15.5 Å². The molecule has 6 heteroatoms. The quantitative estimate of drug-likeness (QED) is 0.302. The predicted octanol–water partition coefficient (Wildman–Crippen LogP) is 6.13. The van der Waals surface area contributed by atoms with Gasteiger partial charge in [-0.3, -0.25) is 9.59 Å². The third kappa shape index (κ3) is 5.92. The second-order valence-corrected chi connectivity index (χ2v) is 9.48. The molecule has 0 atom stereocenters. The highest BCUT2D eigenvalue weighted by atomic mass is 19.1. The maximum Gasteiger partial charge on any atom is 0.253 e. The highest BCUT2D eigenvalue weighted by molar-refractivity contribution is 6.03. The van der Waals surface area contributed by atoms with E-state index in [1.165, 1.54) is 12.1 Å². The average Bonchev–Trinajstić information content (AvgIpc) is 3.49. The van der Waals surface area contributed by atoms with Crippen LogP contribution < -0.4 is 15.5 Å². The van der Waals surface area contributed by atoms with Crippen LogP contribution in [0.1, 0.15) is 45.8 Å². The lowest BCUT2D eigenvalue weighted by Gasteiger charge is -2.23. The van der Waals surface area contributed by atoms with Crippen molar-refractivity contribution in [3.63, 3.8) is 0 Å². The molecule has 0 radical (unpaired) electrons. The Morgan fingerprint density at radius 1 is 0.789 bits per heavy atom. The van der Waals surface area contributed by atoms with Crippen LogP contribution in [0.4, 0.5) is 15.8 Å². The maximum absolute atomic E-state index is 13.6. The number of hydrogen-bond acceptors (Lipinski definition) is 3. The van der Waals surface area contributed by atoms with E-state index in [0.717, 1.165) is 48.3 Å². The summed E-state index contributed by atoms with van der Waals surface area (Å²) in [6.45, 7) is 2.04. The van der Waals surface area contributed by atoms with Crippen molar-refractivity contribution in [2.24, 2.45) is 0 Å². The first kappa shape index (κ1) is 25.2. The minimum absolute atomic E-state index is 0.172. The predicted molar refractivity (Wildman–Crippen MR) is 149 cm³/mol. The lowest BCUT2D eigenvalue weighted by molar-refractivity contribution is -0.116. The van der Waals surface area contributed by atoms with E-state index in [0.29, 0.717) is 11.3 Å². The third-order valence-electron chi connectivity index (χ3n) is 6.85. The summed E-state index contributed by atoms with van der Waals surface area (Å²) in [4.78, 5) is 29.2. The summed E-state index contributed by atoms with van der Waals surface area (Å²) in [5.41, 5.74) is 4.49. The molecular weight excluding hydrogens is 477 g/mol. The van der Waals surface area contributed by atoms with Crippen molar-refractivity contribution >= 4 is 23.2 Å². The van der Waals surface area contributed by atoms with Crippen LogP contribution in [0.5, 0.6) is 0 Å². The zero-order valence-electron chi connectivity index (χ0n) is 21.1. The molecule has 1 heterocycles. The second kappa shape index (κ2) is 11.7. The van der Waals surface area contributed by atoms with Crippen LogP contribution in [-0.4, -0.2) is 24.9 Å². The summed E-state index contributed by atoms with van der Waals surface area (Å²) in [6, 6.07) is 30.9. The molecule has 5 rings (SSSR count). The van der Waals surface area contributed by atoms with E-state index in [4.69, 9.17) is 0 Å². The Labute approximate surface area is 222 Å². The van der Waals surface area contributed by atoms with Gasteiger partial charge in [-0.25, -0.2) is 4.39 Å². The normalized spacial score (nSPS) is 12.9. The topological polar surface area (TPSA) is 61.4 Å². The van der Waals surface area contributed by atoms with Crippen LogP contribution in [0.25, 0.3) is 0 Å². The highest BCUT2D eigenvalue weighted by Gasteiger charge is 2.24. The van der Waals surface area contributed by atoms with Gasteiger partial charge in [0.2, 0.25) is 5.91 Å². The van der Waals surface area contributed by atoms with E-state index in [2.05, 4.69) is 15.5 Å². The summed E-state index contributed by atoms with van der Waals surface area (Å²) in [7, 11) is 0. The highest BCUT2D eigenvalue weighted by Crippen LogP contribution is 2.30. The van der Waals surface area contributed by atoms with Gasteiger partial charge in [0, 0.05) is 31.0 Å². The molecule has 0 spiro atoms. The van der Waals surface area contributed by atoms with Gasteiger partial charge in [-0.15, -0.1) is 0 Å². The molecule has 192 valence electrons. The van der Waals surface area contributed by atoms with E-state index in [9.17, 15) is 14.0 Å². The van der Waals surface area contributed by atoms with Crippen LogP contribution >= 0.6 is 0 Å². The standard InChI is InChI=1S/C32H30FN3O2/c33-26-15-13-23(14-16-26)22-34-31(37)28-21-27(17-18-29(28)36-19-7-8-20-36)35-32(38)30(24-9-3-1-4-10-24)25-11-5-2-6-12-25/h1-6,9-18,21,30H,7-8,19-20,22H2,(H,34,37)(H,35,38). The van der Waals surface area contributed by atoms with Gasteiger partial charge in [0.25, 0.3) is 5.91 Å². The Morgan fingerprint density at radius 3 is 2.00 bits per heavy atom. The number of halogens is 1. The molecule has 1 aliphatic rings. The van der Waals surface area contributed by atoms with E-state index < -0.39 is 5.92 Å². The number of carbonyl (C=O) groups excluding carboxylic acids is 2. The fourth-order valence-electron chi connectivity index (χ4n) is 4.91. The fraction of sp³-hybridized carbons (Fsp3) is 0.188. The van der Waals surface area contributed by atoms with Crippen LogP contribution in [0.3, 0.4) is 0 Å². The van der Waals surface area contributed by atoms with Crippen LogP contribution in [0.2, 0.25) is 0 Å². The summed E-state index contributed by atoms with van der Waals surface area (Å²) in [5, 5.41) is 6.01. The summed E-state index contributed by atoms with van der Waals surface area (Å²) in [5.74, 6) is -1.22. The van der Waals surface area contributed by atoms with Crippen molar-refractivity contribution in [2.75, 3.05) is 23.3 Å². The summed E-state index contributed by atoms with van der Waals surface area (Å²) in [6.07, 6.45) is 2.15. The average molecular weight is 508 g/mol. The molecular formula is C32H30FN3O2. The number of carbonyl (C=O) groups is 2. The van der Waals surface area contributed by atoms with Crippen molar-refractivity contribution in [3.8, 4) is 0 Å². The van der Waals surface area contributed by atoms with Crippen molar-refractivity contribution < 1.29 is 14.0 Å². The van der Waals surface area contributed by atoms with Gasteiger partial charge in [-0.2, -0.15) is 0 Å². The number of anilines is 2. The molecule has 4 aromatic carbocycles. The molecule has 38 heavy (non-hydrogen) atoms. The Bertz CT molecular complexity index is 1350. The van der Waals surface area contributed by atoms with Crippen LogP contribution in [0, 0.1) is 5.82 Å². The SMILES string of the molecule is O=C(NCc1ccc(F)cc1)c1cc(NC(=O)C(c2ccccc2)c2ccccc2)ccc1N1CCCC1. The minimum atomic E-state index is -0.494. The molecule has 0 saturated carbocycles. The van der Waals surface area contributed by atoms with E-state index in [1.807, 2.05) is 72.8 Å². The first-order valence-corrected chi connectivity index (χ1v) is 12.9. The maximum atomic E-state index is 13.6. The summed E-state index contributed by atoms with van der Waals surface area (Å²) < 4.78 is 13.3. The van der Waals surface area contributed by atoms with Crippen molar-refractivity contribution in [2.45, 2.75) is 25.3 Å². The number of nitrogens with one attached hydrogen (secondary N) is 2. The fourth-order valence-corrected chi connectivity index (χ4v) is 4.91. The van der Waals surface area contributed by atoms with Gasteiger partial charge in [-0.1, -0.05) is 72.8 Å². The smallest absolute Gasteiger partial charge is 0.253 e. The third-order valence-corrected chi connectivity index (χ3v) is 6.85. The molecule has 1 saturated heterocycles. The van der Waals surface area contributed by atoms with Gasteiger partial charge >= 0.3 is 0 Å². The van der Waals surface area contributed by atoms with Crippen molar-refractivity contribution in [3.05, 3.63) is 131 Å². The van der Waals surface area contributed by atoms with Crippen molar-refractivity contribution in [1.29, 1.82) is 0 Å². The molecule has 1 aliphatic heterocycles. The first-order valence-electron chi connectivity index (χ1n) is 12.9. The molecule has 0 aromatic heterocycles. The van der Waals surface area contributed by atoms with E-state index >= 15 is 0 Å². The lowest BCUT2D eigenvalue weighted by atomic mass is 9.90. The Balaban J connectivity index is 1.41. The van der Waals surface area contributed by atoms with E-state index in [1.54, 1.807) is 18.2 Å². The second-order valence-electron chi connectivity index (χ2n) is 9.48. The monoisotopic (exact) mass is 507 g/mol. The number of hydrogen-bond donors (Lipinski definition) is 2. The first-order chi connectivity index (χ1) is 18.6. The number of rotatable bonds is 8. The molecule has 2 N–H and O–H groups in total. The van der Waals surface area contributed by atoms with E-state index in [-0.39, 0.29) is 24.2 Å². The zero-order chi connectivity index (χ0) is 26.3. The Kier molecular flexibility index (Phi) is 7.78. The van der Waals surface area contributed by atoms with Crippen molar-refractivity contribution in [1.82, 2.24) is 5.32 Å². The molecule has 0 bridgehead atoms. The molecule has 2 amide bonds.